The Bertz CT molecular complexity index is 615. The Morgan fingerprint density at radius 3 is 2.90 bits per heavy atom. The van der Waals surface area contributed by atoms with E-state index in [4.69, 9.17) is 9.47 Å². The number of benzene rings is 2. The van der Waals surface area contributed by atoms with Gasteiger partial charge in [0.05, 0.1) is 19.1 Å². The van der Waals surface area contributed by atoms with Crippen LogP contribution in [0.25, 0.3) is 0 Å². The van der Waals surface area contributed by atoms with Gasteiger partial charge in [-0.25, -0.2) is 4.39 Å². The Balaban J connectivity index is 1.69. The Morgan fingerprint density at radius 1 is 1.25 bits per heavy atom. The number of hydrogen-bond donors (Lipinski definition) is 0. The van der Waals surface area contributed by atoms with Crippen molar-refractivity contribution in [2.24, 2.45) is 0 Å². The van der Waals surface area contributed by atoms with Crippen LogP contribution >= 0.6 is 15.9 Å². The molecular formula is C16H14BrFO2. The molecule has 3 rings (SSSR count). The predicted octanol–water partition coefficient (Wildman–Crippen LogP) is 4.28. The van der Waals surface area contributed by atoms with Gasteiger partial charge in [-0.05, 0) is 23.8 Å². The third-order valence-corrected chi connectivity index (χ3v) is 4.04. The molecule has 20 heavy (non-hydrogen) atoms. The summed E-state index contributed by atoms with van der Waals surface area (Å²) in [5.74, 6) is 1.02. The van der Waals surface area contributed by atoms with Gasteiger partial charge in [0.15, 0.2) is 11.6 Å². The maximum Gasteiger partial charge on any atom is 0.165 e. The largest absolute Gasteiger partial charge is 0.493 e. The van der Waals surface area contributed by atoms with Gasteiger partial charge >= 0.3 is 0 Å². The molecule has 104 valence electrons. The summed E-state index contributed by atoms with van der Waals surface area (Å²) in [4.78, 5) is 0. The molecule has 0 amide bonds. The molecule has 0 spiro atoms. The van der Waals surface area contributed by atoms with E-state index in [1.54, 1.807) is 6.07 Å². The monoisotopic (exact) mass is 336 g/mol. The summed E-state index contributed by atoms with van der Waals surface area (Å²) in [7, 11) is 0. The van der Waals surface area contributed by atoms with E-state index in [9.17, 15) is 4.39 Å². The van der Waals surface area contributed by atoms with Crippen LogP contribution in [0, 0.1) is 5.82 Å². The van der Waals surface area contributed by atoms with Gasteiger partial charge in [0.1, 0.15) is 5.75 Å². The molecule has 2 aromatic rings. The molecule has 1 atom stereocenters. The van der Waals surface area contributed by atoms with Crippen molar-refractivity contribution in [1.82, 2.24) is 0 Å². The van der Waals surface area contributed by atoms with Crippen LogP contribution in [0.1, 0.15) is 17.0 Å². The highest BCUT2D eigenvalue weighted by Gasteiger charge is 2.24. The molecule has 0 aromatic heterocycles. The van der Waals surface area contributed by atoms with E-state index in [0.29, 0.717) is 24.3 Å². The zero-order valence-electron chi connectivity index (χ0n) is 10.8. The maximum atomic E-state index is 13.8. The number of para-hydroxylation sites is 1. The number of hydrogen-bond acceptors (Lipinski definition) is 2. The highest BCUT2D eigenvalue weighted by Crippen LogP contribution is 2.34. The molecular weight excluding hydrogens is 323 g/mol. The second kappa shape index (κ2) is 5.83. The van der Waals surface area contributed by atoms with E-state index >= 15 is 0 Å². The van der Waals surface area contributed by atoms with Gasteiger partial charge in [-0.3, -0.25) is 0 Å². The van der Waals surface area contributed by atoms with Crippen molar-refractivity contribution in [2.75, 3.05) is 13.2 Å². The fourth-order valence-corrected chi connectivity index (χ4v) is 2.65. The average Bonchev–Trinajstić information content (AvgIpc) is 2.89. The van der Waals surface area contributed by atoms with E-state index in [0.717, 1.165) is 16.9 Å². The quantitative estimate of drug-likeness (QED) is 0.776. The zero-order valence-corrected chi connectivity index (χ0v) is 12.4. The summed E-state index contributed by atoms with van der Waals surface area (Å²) in [6.07, 6.45) is 0. The molecule has 1 unspecified atom stereocenters. The molecule has 0 fully saturated rings. The predicted molar refractivity (Wildman–Crippen MR) is 79.2 cm³/mol. The van der Waals surface area contributed by atoms with Crippen LogP contribution in [-0.4, -0.2) is 13.2 Å². The van der Waals surface area contributed by atoms with Crippen molar-refractivity contribution in [1.29, 1.82) is 0 Å². The number of ether oxygens (including phenoxy) is 2. The first kappa shape index (κ1) is 13.4. The van der Waals surface area contributed by atoms with E-state index in [1.165, 1.54) is 6.07 Å². The minimum absolute atomic E-state index is 0.154. The van der Waals surface area contributed by atoms with Crippen molar-refractivity contribution in [3.05, 3.63) is 59.4 Å². The zero-order chi connectivity index (χ0) is 13.9. The highest BCUT2D eigenvalue weighted by atomic mass is 79.9. The van der Waals surface area contributed by atoms with Gasteiger partial charge in [0.2, 0.25) is 0 Å². The SMILES string of the molecule is Fc1cc(CBr)ccc1OCC1COc2ccccc21. The van der Waals surface area contributed by atoms with E-state index < -0.39 is 0 Å². The second-order valence-electron chi connectivity index (χ2n) is 4.76. The number of fused-ring (bicyclic) bond motifs is 1. The Hall–Kier alpha value is -1.55. The third-order valence-electron chi connectivity index (χ3n) is 3.39. The smallest absolute Gasteiger partial charge is 0.165 e. The van der Waals surface area contributed by atoms with Gasteiger partial charge < -0.3 is 9.47 Å². The molecule has 4 heteroatoms. The lowest BCUT2D eigenvalue weighted by molar-refractivity contribution is 0.241. The highest BCUT2D eigenvalue weighted by molar-refractivity contribution is 9.08. The van der Waals surface area contributed by atoms with Gasteiger partial charge in [0.25, 0.3) is 0 Å². The normalized spacial score (nSPS) is 16.6. The minimum Gasteiger partial charge on any atom is -0.493 e. The second-order valence-corrected chi connectivity index (χ2v) is 5.32. The number of halogens is 2. The fourth-order valence-electron chi connectivity index (χ4n) is 2.30. The Kier molecular flexibility index (Phi) is 3.92. The summed E-state index contributed by atoms with van der Waals surface area (Å²) in [5, 5.41) is 0.633. The van der Waals surface area contributed by atoms with Crippen LogP contribution in [0.5, 0.6) is 11.5 Å². The van der Waals surface area contributed by atoms with Crippen LogP contribution in [-0.2, 0) is 5.33 Å². The molecule has 0 aliphatic carbocycles. The molecule has 0 radical (unpaired) electrons. The lowest BCUT2D eigenvalue weighted by atomic mass is 10.0. The minimum atomic E-state index is -0.325. The van der Waals surface area contributed by atoms with E-state index in [-0.39, 0.29) is 11.7 Å². The lowest BCUT2D eigenvalue weighted by Crippen LogP contribution is -2.12. The molecule has 2 aromatic carbocycles. The molecule has 0 saturated heterocycles. The molecule has 1 heterocycles. The molecule has 0 saturated carbocycles. The van der Waals surface area contributed by atoms with Crippen LogP contribution < -0.4 is 9.47 Å². The Labute approximate surface area is 125 Å². The van der Waals surface area contributed by atoms with Crippen molar-refractivity contribution >= 4 is 15.9 Å². The van der Waals surface area contributed by atoms with Gasteiger partial charge in [-0.15, -0.1) is 0 Å². The molecule has 1 aliphatic heterocycles. The first-order chi connectivity index (χ1) is 9.78. The summed E-state index contributed by atoms with van der Waals surface area (Å²) >= 11 is 3.30. The summed E-state index contributed by atoms with van der Waals surface area (Å²) in [6, 6.07) is 12.9. The summed E-state index contributed by atoms with van der Waals surface area (Å²) in [6.45, 7) is 1.00. The maximum absolute atomic E-state index is 13.8. The molecule has 1 aliphatic rings. The number of rotatable bonds is 4. The molecule has 0 bridgehead atoms. The standard InChI is InChI=1S/C16H14BrFO2/c17-8-11-5-6-16(14(18)7-11)20-10-12-9-19-15-4-2-1-3-13(12)15/h1-7,12H,8-10H2. The van der Waals surface area contributed by atoms with Gasteiger partial charge in [-0.2, -0.15) is 0 Å². The van der Waals surface area contributed by atoms with Gasteiger partial charge in [0, 0.05) is 10.9 Å². The average molecular weight is 337 g/mol. The third kappa shape index (κ3) is 2.66. The van der Waals surface area contributed by atoms with Crippen molar-refractivity contribution in [2.45, 2.75) is 11.2 Å². The number of alkyl halides is 1. The van der Waals surface area contributed by atoms with E-state index in [1.807, 2.05) is 30.3 Å². The van der Waals surface area contributed by atoms with Gasteiger partial charge in [-0.1, -0.05) is 40.2 Å². The first-order valence-electron chi connectivity index (χ1n) is 6.47. The fraction of sp³-hybridized carbons (Fsp3) is 0.250. The van der Waals surface area contributed by atoms with Crippen LogP contribution in [0.3, 0.4) is 0 Å². The van der Waals surface area contributed by atoms with E-state index in [2.05, 4.69) is 15.9 Å². The van der Waals surface area contributed by atoms with Crippen molar-refractivity contribution < 1.29 is 13.9 Å². The topological polar surface area (TPSA) is 18.5 Å². The Morgan fingerprint density at radius 2 is 2.10 bits per heavy atom. The summed E-state index contributed by atoms with van der Waals surface area (Å²) in [5.41, 5.74) is 2.02. The van der Waals surface area contributed by atoms with Crippen LogP contribution in [0.15, 0.2) is 42.5 Å². The molecule has 0 N–H and O–H groups in total. The van der Waals surface area contributed by atoms with Crippen LogP contribution in [0.4, 0.5) is 4.39 Å². The first-order valence-corrected chi connectivity index (χ1v) is 7.59. The van der Waals surface area contributed by atoms with Crippen LogP contribution in [0.2, 0.25) is 0 Å². The lowest BCUT2D eigenvalue weighted by Gasteiger charge is -2.12. The van der Waals surface area contributed by atoms with Crippen molar-refractivity contribution in [3.63, 3.8) is 0 Å². The summed E-state index contributed by atoms with van der Waals surface area (Å²) < 4.78 is 25.0. The molecule has 2 nitrogen and oxygen atoms in total. The van der Waals surface area contributed by atoms with Crippen molar-refractivity contribution in [3.8, 4) is 11.5 Å².